The van der Waals surface area contributed by atoms with Crippen LogP contribution in [0.3, 0.4) is 0 Å². The molecule has 4 nitrogen and oxygen atoms in total. The number of hydrogen-bond acceptors (Lipinski definition) is 3. The van der Waals surface area contributed by atoms with Crippen molar-refractivity contribution in [1.29, 1.82) is 0 Å². The first kappa shape index (κ1) is 24.4. The molecular weight excluding hydrogens is 393 g/mol. The minimum absolute atomic E-state index is 0. The molecule has 1 aliphatic carbocycles. The van der Waals surface area contributed by atoms with Gasteiger partial charge in [0.15, 0.2) is 0 Å². The zero-order valence-corrected chi connectivity index (χ0v) is 17.9. The Kier molecular flexibility index (Phi) is 9.97. The largest absolute Gasteiger partial charge is 0.353 e. The number of halogens is 2. The smallest absolute Gasteiger partial charge is 0.241 e. The van der Waals surface area contributed by atoms with Crippen molar-refractivity contribution in [2.75, 3.05) is 6.54 Å². The molecule has 1 aliphatic rings. The number of hydrogen-bond donors (Lipinski definition) is 3. The van der Waals surface area contributed by atoms with E-state index in [1.54, 1.807) is 0 Å². The molecule has 2 unspecified atom stereocenters. The molecule has 0 saturated heterocycles. The van der Waals surface area contributed by atoms with E-state index >= 15 is 0 Å². The summed E-state index contributed by atoms with van der Waals surface area (Å²) in [6.45, 7) is 2.80. The summed E-state index contributed by atoms with van der Waals surface area (Å²) in [5.41, 5.74) is 8.19. The van der Waals surface area contributed by atoms with Crippen molar-refractivity contribution in [3.8, 4) is 0 Å². The van der Waals surface area contributed by atoms with E-state index in [9.17, 15) is 4.79 Å². The fourth-order valence-electron chi connectivity index (χ4n) is 3.89. The molecule has 2 aromatic carbocycles. The summed E-state index contributed by atoms with van der Waals surface area (Å²) in [5, 5.41) is 6.88. The van der Waals surface area contributed by atoms with Crippen LogP contribution in [-0.4, -0.2) is 18.0 Å². The van der Waals surface area contributed by atoms with Gasteiger partial charge < -0.3 is 16.4 Å². The number of amides is 1. The summed E-state index contributed by atoms with van der Waals surface area (Å²) in [5.74, 6) is -0.114. The molecule has 0 aliphatic heterocycles. The predicted octanol–water partition coefficient (Wildman–Crippen LogP) is 4.31. The van der Waals surface area contributed by atoms with Gasteiger partial charge in [-0.15, -0.1) is 24.8 Å². The minimum Gasteiger partial charge on any atom is -0.353 e. The maximum absolute atomic E-state index is 12.5. The van der Waals surface area contributed by atoms with E-state index in [1.165, 1.54) is 18.4 Å². The molecule has 0 heterocycles. The third-order valence-corrected chi connectivity index (χ3v) is 5.43. The standard InChI is InChI=1S/C22H29N3O.2ClH/c1-17(18-10-4-2-5-11-18)25-22(14-8-9-15-22)16-24-21(26)20(23)19-12-6-3-7-13-19;;/h2-7,10-13,17,20,25H,8-9,14-16,23H2,1H3,(H,24,26);2*1H. The van der Waals surface area contributed by atoms with Crippen LogP contribution in [0.15, 0.2) is 60.7 Å². The number of carbonyl (C=O) groups excluding carboxylic acids is 1. The molecule has 0 aromatic heterocycles. The topological polar surface area (TPSA) is 67.1 Å². The average Bonchev–Trinajstić information content (AvgIpc) is 3.15. The summed E-state index contributed by atoms with van der Waals surface area (Å²) in [6.07, 6.45) is 4.53. The van der Waals surface area contributed by atoms with Gasteiger partial charge >= 0.3 is 0 Å². The highest BCUT2D eigenvalue weighted by Crippen LogP contribution is 2.32. The zero-order chi connectivity index (χ0) is 18.4. The van der Waals surface area contributed by atoms with Crippen LogP contribution < -0.4 is 16.4 Å². The van der Waals surface area contributed by atoms with E-state index < -0.39 is 6.04 Å². The lowest BCUT2D eigenvalue weighted by Gasteiger charge is -2.34. The van der Waals surface area contributed by atoms with Crippen LogP contribution in [0.1, 0.15) is 55.8 Å². The first-order chi connectivity index (χ1) is 12.6. The highest BCUT2D eigenvalue weighted by molar-refractivity contribution is 5.85. The number of rotatable bonds is 7. The molecule has 3 rings (SSSR count). The van der Waals surface area contributed by atoms with Crippen molar-refractivity contribution in [1.82, 2.24) is 10.6 Å². The first-order valence-electron chi connectivity index (χ1n) is 9.51. The first-order valence-corrected chi connectivity index (χ1v) is 9.51. The lowest BCUT2D eigenvalue weighted by atomic mass is 9.94. The zero-order valence-electron chi connectivity index (χ0n) is 16.3. The van der Waals surface area contributed by atoms with E-state index in [2.05, 4.69) is 41.8 Å². The van der Waals surface area contributed by atoms with Crippen LogP contribution in [0, 0.1) is 0 Å². The van der Waals surface area contributed by atoms with Gasteiger partial charge in [0.25, 0.3) is 0 Å². The molecule has 1 fully saturated rings. The molecule has 4 N–H and O–H groups in total. The van der Waals surface area contributed by atoms with Crippen molar-refractivity contribution in [3.63, 3.8) is 0 Å². The second-order valence-electron chi connectivity index (χ2n) is 7.37. The van der Waals surface area contributed by atoms with E-state index in [0.717, 1.165) is 18.4 Å². The van der Waals surface area contributed by atoms with E-state index in [1.807, 2.05) is 36.4 Å². The van der Waals surface area contributed by atoms with Crippen molar-refractivity contribution in [2.45, 2.75) is 50.2 Å². The second kappa shape index (κ2) is 11.4. The van der Waals surface area contributed by atoms with Gasteiger partial charge in [0.1, 0.15) is 6.04 Å². The molecule has 154 valence electrons. The monoisotopic (exact) mass is 423 g/mol. The molecule has 2 atom stereocenters. The number of nitrogens with two attached hydrogens (primary N) is 1. The number of benzene rings is 2. The molecule has 0 bridgehead atoms. The molecule has 6 heteroatoms. The predicted molar refractivity (Wildman–Crippen MR) is 120 cm³/mol. The Morgan fingerprint density at radius 1 is 0.964 bits per heavy atom. The Morgan fingerprint density at radius 2 is 1.46 bits per heavy atom. The summed E-state index contributed by atoms with van der Waals surface area (Å²) in [6, 6.07) is 19.6. The minimum atomic E-state index is -0.624. The third-order valence-electron chi connectivity index (χ3n) is 5.43. The van der Waals surface area contributed by atoms with Crippen LogP contribution >= 0.6 is 24.8 Å². The lowest BCUT2D eigenvalue weighted by molar-refractivity contribution is -0.122. The van der Waals surface area contributed by atoms with Crippen LogP contribution in [0.25, 0.3) is 0 Å². The van der Waals surface area contributed by atoms with E-state index in [0.29, 0.717) is 6.54 Å². The highest BCUT2D eigenvalue weighted by atomic mass is 35.5. The Morgan fingerprint density at radius 3 is 2.00 bits per heavy atom. The molecule has 0 radical (unpaired) electrons. The summed E-state index contributed by atoms with van der Waals surface area (Å²) < 4.78 is 0. The highest BCUT2D eigenvalue weighted by Gasteiger charge is 2.35. The van der Waals surface area contributed by atoms with Crippen molar-refractivity contribution >= 4 is 30.7 Å². The van der Waals surface area contributed by atoms with Gasteiger partial charge in [-0.25, -0.2) is 0 Å². The van der Waals surface area contributed by atoms with Crippen LogP contribution in [-0.2, 0) is 4.79 Å². The fraction of sp³-hybridized carbons (Fsp3) is 0.409. The number of carbonyl (C=O) groups is 1. The quantitative estimate of drug-likeness (QED) is 0.621. The Hall–Kier alpha value is -1.59. The summed E-state index contributed by atoms with van der Waals surface area (Å²) in [7, 11) is 0. The lowest BCUT2D eigenvalue weighted by Crippen LogP contribution is -2.53. The number of nitrogens with one attached hydrogen (secondary N) is 2. The Balaban J connectivity index is 0.00000196. The van der Waals surface area contributed by atoms with Gasteiger partial charge in [0.2, 0.25) is 5.91 Å². The maximum atomic E-state index is 12.5. The van der Waals surface area contributed by atoms with Gasteiger partial charge in [-0.1, -0.05) is 73.5 Å². The van der Waals surface area contributed by atoms with Gasteiger partial charge in [0, 0.05) is 18.1 Å². The fourth-order valence-corrected chi connectivity index (χ4v) is 3.89. The van der Waals surface area contributed by atoms with Gasteiger partial charge in [0.05, 0.1) is 0 Å². The van der Waals surface area contributed by atoms with Crippen molar-refractivity contribution < 1.29 is 4.79 Å². The molecule has 28 heavy (non-hydrogen) atoms. The van der Waals surface area contributed by atoms with E-state index in [-0.39, 0.29) is 42.3 Å². The second-order valence-corrected chi connectivity index (χ2v) is 7.37. The van der Waals surface area contributed by atoms with Crippen molar-refractivity contribution in [2.24, 2.45) is 5.73 Å². The molecule has 1 amide bonds. The maximum Gasteiger partial charge on any atom is 0.241 e. The molecule has 2 aromatic rings. The van der Waals surface area contributed by atoms with E-state index in [4.69, 9.17) is 5.73 Å². The van der Waals surface area contributed by atoms with Crippen molar-refractivity contribution in [3.05, 3.63) is 71.8 Å². The van der Waals surface area contributed by atoms with Crippen LogP contribution in [0.4, 0.5) is 0 Å². The molecule has 1 saturated carbocycles. The SMILES string of the molecule is CC(NC1(CNC(=O)C(N)c2ccccc2)CCCC1)c1ccccc1.Cl.Cl. The van der Waals surface area contributed by atoms with Gasteiger partial charge in [-0.2, -0.15) is 0 Å². The Bertz CT molecular complexity index is 706. The normalized spacial score (nSPS) is 16.9. The summed E-state index contributed by atoms with van der Waals surface area (Å²) in [4.78, 5) is 12.5. The van der Waals surface area contributed by atoms with Crippen LogP contribution in [0.5, 0.6) is 0 Å². The summed E-state index contributed by atoms with van der Waals surface area (Å²) >= 11 is 0. The van der Waals surface area contributed by atoms with Gasteiger partial charge in [-0.05, 0) is 30.9 Å². The van der Waals surface area contributed by atoms with Crippen LogP contribution in [0.2, 0.25) is 0 Å². The molecule has 0 spiro atoms. The third kappa shape index (κ3) is 6.21. The average molecular weight is 424 g/mol. The Labute approximate surface area is 180 Å². The van der Waals surface area contributed by atoms with Gasteiger partial charge in [-0.3, -0.25) is 4.79 Å². The molecular formula is C22H31Cl2N3O.